The number of ketones is 1. The molecule has 8 nitrogen and oxygen atoms in total. The molecule has 2 atom stereocenters. The van der Waals surface area contributed by atoms with Crippen LogP contribution in [0.25, 0.3) is 0 Å². The quantitative estimate of drug-likeness (QED) is 0.514. The van der Waals surface area contributed by atoms with Crippen molar-refractivity contribution in [2.24, 2.45) is 0 Å². The molecule has 150 valence electrons. The number of ether oxygens (including phenoxy) is 1. The summed E-state index contributed by atoms with van der Waals surface area (Å²) in [5.74, 6) is -5.99. The second-order valence-electron chi connectivity index (χ2n) is 5.69. The molecular formula is C17H22F2N2O6. The molecule has 1 aromatic carbocycles. The van der Waals surface area contributed by atoms with E-state index in [0.717, 1.165) is 24.3 Å². The van der Waals surface area contributed by atoms with E-state index in [0.29, 0.717) is 0 Å². The molecule has 0 saturated heterocycles. The minimum absolute atomic E-state index is 0.200. The van der Waals surface area contributed by atoms with Crippen molar-refractivity contribution in [1.82, 2.24) is 4.90 Å². The normalized spacial score (nSPS) is 13.6. The van der Waals surface area contributed by atoms with Crippen LogP contribution in [0.3, 0.4) is 0 Å². The van der Waals surface area contributed by atoms with Crippen molar-refractivity contribution in [3.8, 4) is 0 Å². The lowest BCUT2D eigenvalue weighted by molar-refractivity contribution is -0.384. The van der Waals surface area contributed by atoms with Gasteiger partial charge in [0.25, 0.3) is 5.69 Å². The van der Waals surface area contributed by atoms with Crippen LogP contribution in [-0.4, -0.2) is 51.9 Å². The van der Waals surface area contributed by atoms with Crippen molar-refractivity contribution in [2.45, 2.75) is 45.3 Å². The zero-order chi connectivity index (χ0) is 20.8. The molecular weight excluding hydrogens is 366 g/mol. The number of rotatable bonds is 9. The Morgan fingerprint density at radius 3 is 2.15 bits per heavy atom. The Morgan fingerprint density at radius 2 is 1.74 bits per heavy atom. The molecule has 0 radical (unpaired) electrons. The van der Waals surface area contributed by atoms with Gasteiger partial charge in [-0.2, -0.15) is 8.78 Å². The van der Waals surface area contributed by atoms with Gasteiger partial charge in [-0.15, -0.1) is 0 Å². The van der Waals surface area contributed by atoms with Gasteiger partial charge in [0, 0.05) is 25.2 Å². The highest BCUT2D eigenvalue weighted by molar-refractivity contribution is 5.92. The predicted octanol–water partition coefficient (Wildman–Crippen LogP) is 3.09. The standard InChI is InChI=1S/C17H22F2N2O6/c1-4-13(27-16(24)20(5-2)6-3)15(23)17(18,19)14(22)11-7-9-12(10-8-11)21(25)26/h7-10,13-14,22H,4-6H2,1-3H3/t13-,14-/m1/s1. The first-order valence-corrected chi connectivity index (χ1v) is 8.40. The predicted molar refractivity (Wildman–Crippen MR) is 91.5 cm³/mol. The first-order valence-electron chi connectivity index (χ1n) is 8.40. The molecule has 0 aliphatic carbocycles. The van der Waals surface area contributed by atoms with Gasteiger partial charge in [0.05, 0.1) is 4.92 Å². The maximum atomic E-state index is 14.5. The summed E-state index contributed by atoms with van der Waals surface area (Å²) >= 11 is 0. The number of benzene rings is 1. The highest BCUT2D eigenvalue weighted by atomic mass is 19.3. The van der Waals surface area contributed by atoms with Crippen molar-refractivity contribution in [3.63, 3.8) is 0 Å². The zero-order valence-corrected chi connectivity index (χ0v) is 15.2. The summed E-state index contributed by atoms with van der Waals surface area (Å²) < 4.78 is 33.8. The summed E-state index contributed by atoms with van der Waals surface area (Å²) in [5.41, 5.74) is -0.718. The van der Waals surface area contributed by atoms with Gasteiger partial charge in [0.1, 0.15) is 0 Å². The number of halogens is 2. The third kappa shape index (κ3) is 5.19. The number of non-ortho nitro benzene ring substituents is 1. The summed E-state index contributed by atoms with van der Waals surface area (Å²) in [4.78, 5) is 35.2. The lowest BCUT2D eigenvalue weighted by atomic mass is 9.96. The van der Waals surface area contributed by atoms with Gasteiger partial charge in [-0.05, 0) is 38.0 Å². The lowest BCUT2D eigenvalue weighted by Crippen LogP contribution is -2.46. The van der Waals surface area contributed by atoms with Crippen LogP contribution in [0.1, 0.15) is 38.9 Å². The van der Waals surface area contributed by atoms with Crippen molar-refractivity contribution < 1.29 is 33.1 Å². The Hall–Kier alpha value is -2.62. The minimum atomic E-state index is -4.25. The number of Topliss-reactive ketones (excluding diaryl/α,β-unsaturated/α-hetero) is 1. The number of nitrogens with zero attached hydrogens (tertiary/aromatic N) is 2. The Kier molecular flexibility index (Phi) is 7.77. The molecule has 0 fully saturated rings. The van der Waals surface area contributed by atoms with E-state index < -0.39 is 34.9 Å². The Labute approximate surface area is 154 Å². The summed E-state index contributed by atoms with van der Waals surface area (Å²) in [5, 5.41) is 20.5. The highest BCUT2D eigenvalue weighted by Crippen LogP contribution is 2.34. The van der Waals surface area contributed by atoms with Crippen molar-refractivity contribution >= 4 is 17.6 Å². The van der Waals surface area contributed by atoms with Crippen LogP contribution in [0.15, 0.2) is 24.3 Å². The fourth-order valence-corrected chi connectivity index (χ4v) is 2.34. The average molecular weight is 388 g/mol. The summed E-state index contributed by atoms with van der Waals surface area (Å²) in [6, 6.07) is 3.76. The van der Waals surface area contributed by atoms with Gasteiger partial charge >= 0.3 is 12.0 Å². The first kappa shape index (κ1) is 22.4. The van der Waals surface area contributed by atoms with Gasteiger partial charge in [-0.3, -0.25) is 14.9 Å². The number of amides is 1. The van der Waals surface area contributed by atoms with Crippen LogP contribution in [0.5, 0.6) is 0 Å². The van der Waals surface area contributed by atoms with Crippen molar-refractivity contribution in [2.75, 3.05) is 13.1 Å². The molecule has 0 spiro atoms. The minimum Gasteiger partial charge on any atom is -0.438 e. The molecule has 0 heterocycles. The largest absolute Gasteiger partial charge is 0.438 e. The maximum absolute atomic E-state index is 14.5. The fraction of sp³-hybridized carbons (Fsp3) is 0.529. The third-order valence-electron chi connectivity index (χ3n) is 4.02. The Bertz CT molecular complexity index is 677. The van der Waals surface area contributed by atoms with Gasteiger partial charge in [0.15, 0.2) is 12.2 Å². The number of carbonyl (C=O) groups excluding carboxylic acids is 2. The Morgan fingerprint density at radius 1 is 1.22 bits per heavy atom. The molecule has 0 aromatic heterocycles. The van der Waals surface area contributed by atoms with E-state index in [1.165, 1.54) is 11.8 Å². The monoisotopic (exact) mass is 388 g/mol. The molecule has 0 bridgehead atoms. The summed E-state index contributed by atoms with van der Waals surface area (Å²) in [6.45, 7) is 5.29. The molecule has 0 aliphatic rings. The number of hydrogen-bond donors (Lipinski definition) is 1. The molecule has 1 amide bonds. The number of nitro benzene ring substituents is 1. The van der Waals surface area contributed by atoms with Gasteiger partial charge < -0.3 is 14.7 Å². The number of alkyl halides is 2. The van der Waals surface area contributed by atoms with E-state index in [2.05, 4.69) is 0 Å². The summed E-state index contributed by atoms with van der Waals surface area (Å²) in [7, 11) is 0. The van der Waals surface area contributed by atoms with E-state index >= 15 is 0 Å². The van der Waals surface area contributed by atoms with Crippen LogP contribution in [0, 0.1) is 10.1 Å². The Balaban J connectivity index is 2.99. The van der Waals surface area contributed by atoms with Gasteiger partial charge in [-0.1, -0.05) is 6.92 Å². The molecule has 1 rings (SSSR count). The second kappa shape index (κ2) is 9.36. The van der Waals surface area contributed by atoms with Crippen LogP contribution < -0.4 is 0 Å². The zero-order valence-electron chi connectivity index (χ0n) is 15.2. The molecule has 0 saturated carbocycles. The van der Waals surface area contributed by atoms with Crippen LogP contribution in [0.2, 0.25) is 0 Å². The smallest absolute Gasteiger partial charge is 0.410 e. The molecule has 1 aromatic rings. The van der Waals surface area contributed by atoms with E-state index in [4.69, 9.17) is 4.74 Å². The molecule has 10 heteroatoms. The summed E-state index contributed by atoms with van der Waals surface area (Å²) in [6.07, 6.45) is -5.37. The van der Waals surface area contributed by atoms with E-state index in [-0.39, 0.29) is 30.8 Å². The number of aliphatic hydroxyl groups excluding tert-OH is 1. The number of carbonyl (C=O) groups is 2. The number of hydrogen-bond acceptors (Lipinski definition) is 6. The van der Waals surface area contributed by atoms with E-state index in [9.17, 15) is 33.6 Å². The van der Waals surface area contributed by atoms with Crippen molar-refractivity contribution in [3.05, 3.63) is 39.9 Å². The van der Waals surface area contributed by atoms with E-state index in [1.807, 2.05) is 0 Å². The number of aliphatic hydroxyl groups is 1. The lowest BCUT2D eigenvalue weighted by Gasteiger charge is -2.27. The SMILES string of the molecule is CC[C@@H](OC(=O)N(CC)CC)C(=O)C(F)(F)[C@H](O)c1ccc([N+](=O)[O-])cc1. The second-order valence-corrected chi connectivity index (χ2v) is 5.69. The van der Waals surface area contributed by atoms with Gasteiger partial charge in [-0.25, -0.2) is 4.79 Å². The van der Waals surface area contributed by atoms with Crippen LogP contribution in [0.4, 0.5) is 19.3 Å². The fourth-order valence-electron chi connectivity index (χ4n) is 2.34. The molecule has 27 heavy (non-hydrogen) atoms. The molecule has 1 N–H and O–H groups in total. The maximum Gasteiger partial charge on any atom is 0.410 e. The highest BCUT2D eigenvalue weighted by Gasteiger charge is 2.51. The van der Waals surface area contributed by atoms with E-state index in [1.54, 1.807) is 13.8 Å². The molecule has 0 aliphatic heterocycles. The first-order chi connectivity index (χ1) is 12.6. The topological polar surface area (TPSA) is 110 Å². The van der Waals surface area contributed by atoms with Crippen molar-refractivity contribution in [1.29, 1.82) is 0 Å². The van der Waals surface area contributed by atoms with Crippen LogP contribution in [-0.2, 0) is 9.53 Å². The average Bonchev–Trinajstić information content (AvgIpc) is 2.65. The van der Waals surface area contributed by atoms with Gasteiger partial charge in [0.2, 0.25) is 5.78 Å². The third-order valence-corrected chi connectivity index (χ3v) is 4.02. The molecule has 0 unspecified atom stereocenters. The number of nitro groups is 1. The van der Waals surface area contributed by atoms with Crippen LogP contribution >= 0.6 is 0 Å².